The number of likely N-dealkylation sites (N-methyl/N-ethyl adjacent to an activating group) is 1. The van der Waals surface area contributed by atoms with Gasteiger partial charge in [0.15, 0.2) is 0 Å². The summed E-state index contributed by atoms with van der Waals surface area (Å²) in [6.07, 6.45) is 1.29. The molecule has 19 heavy (non-hydrogen) atoms. The number of nitrogen functional groups attached to an aromatic ring is 1. The molecular weight excluding hydrogens is 302 g/mol. The minimum atomic E-state index is 0.725. The van der Waals surface area contributed by atoms with Crippen LogP contribution in [0.15, 0.2) is 22.7 Å². The highest BCUT2D eigenvalue weighted by atomic mass is 79.9. The third-order valence-electron chi connectivity index (χ3n) is 4.05. The van der Waals surface area contributed by atoms with Gasteiger partial charge in [0.2, 0.25) is 0 Å². The lowest BCUT2D eigenvalue weighted by atomic mass is 10.2. The van der Waals surface area contributed by atoms with Crippen molar-refractivity contribution >= 4 is 21.6 Å². The van der Waals surface area contributed by atoms with Gasteiger partial charge in [-0.05, 0) is 37.2 Å². The van der Waals surface area contributed by atoms with Gasteiger partial charge in [0, 0.05) is 35.8 Å². The molecule has 1 unspecified atom stereocenters. The van der Waals surface area contributed by atoms with Crippen LogP contribution in [0.1, 0.15) is 25.8 Å². The maximum Gasteiger partial charge on any atom is 0.0325 e. The zero-order valence-corrected chi connectivity index (χ0v) is 13.5. The number of likely N-dealkylation sites (tertiary alicyclic amines) is 1. The van der Waals surface area contributed by atoms with Gasteiger partial charge in [-0.1, -0.05) is 35.8 Å². The Morgan fingerprint density at radius 2 is 2.11 bits per heavy atom. The van der Waals surface area contributed by atoms with Crippen LogP contribution in [0.25, 0.3) is 0 Å². The second-order valence-corrected chi connectivity index (χ2v) is 6.10. The normalized spacial score (nSPS) is 20.3. The van der Waals surface area contributed by atoms with Crippen LogP contribution in [0, 0.1) is 0 Å². The fourth-order valence-corrected chi connectivity index (χ4v) is 3.45. The van der Waals surface area contributed by atoms with Gasteiger partial charge in [0.05, 0.1) is 0 Å². The van der Waals surface area contributed by atoms with Crippen molar-refractivity contribution < 1.29 is 0 Å². The van der Waals surface area contributed by atoms with E-state index in [0.29, 0.717) is 0 Å². The molecule has 0 aromatic heterocycles. The summed E-state index contributed by atoms with van der Waals surface area (Å²) in [6, 6.07) is 6.83. The van der Waals surface area contributed by atoms with Crippen molar-refractivity contribution in [1.82, 2.24) is 9.80 Å². The van der Waals surface area contributed by atoms with Crippen LogP contribution >= 0.6 is 15.9 Å². The molecule has 1 atom stereocenters. The topological polar surface area (TPSA) is 32.5 Å². The summed E-state index contributed by atoms with van der Waals surface area (Å²) in [5.41, 5.74) is 7.93. The summed E-state index contributed by atoms with van der Waals surface area (Å²) in [5, 5.41) is 0. The van der Waals surface area contributed by atoms with Crippen LogP contribution in [0.2, 0.25) is 0 Å². The maximum atomic E-state index is 5.78. The first-order chi connectivity index (χ1) is 9.13. The lowest BCUT2D eigenvalue weighted by molar-refractivity contribution is 0.209. The number of nitrogens with zero attached hydrogens (tertiary/aromatic N) is 2. The van der Waals surface area contributed by atoms with E-state index < -0.39 is 0 Å². The van der Waals surface area contributed by atoms with Gasteiger partial charge in [-0.25, -0.2) is 0 Å². The summed E-state index contributed by atoms with van der Waals surface area (Å²) in [5.74, 6) is 0. The molecule has 0 spiro atoms. The Labute approximate surface area is 124 Å². The van der Waals surface area contributed by atoms with Crippen LogP contribution in [0.3, 0.4) is 0 Å². The smallest absolute Gasteiger partial charge is 0.0325 e. The van der Waals surface area contributed by atoms with Crippen molar-refractivity contribution in [2.45, 2.75) is 32.9 Å². The SMILES string of the molecule is CCN(CC)C1CCN(Cc2ccc(N)cc2Br)C1. The van der Waals surface area contributed by atoms with E-state index in [2.05, 4.69) is 45.6 Å². The van der Waals surface area contributed by atoms with E-state index in [1.54, 1.807) is 0 Å². The third-order valence-corrected chi connectivity index (χ3v) is 4.79. The molecule has 3 nitrogen and oxygen atoms in total. The number of hydrogen-bond donors (Lipinski definition) is 1. The lowest BCUT2D eigenvalue weighted by Gasteiger charge is -2.26. The van der Waals surface area contributed by atoms with Gasteiger partial charge in [-0.15, -0.1) is 0 Å². The first-order valence-electron chi connectivity index (χ1n) is 7.14. The molecule has 0 aliphatic carbocycles. The summed E-state index contributed by atoms with van der Waals surface area (Å²) < 4.78 is 1.12. The summed E-state index contributed by atoms with van der Waals surface area (Å²) in [7, 11) is 0. The predicted octanol–water partition coefficient (Wildman–Crippen LogP) is 2.95. The largest absolute Gasteiger partial charge is 0.399 e. The van der Waals surface area contributed by atoms with Crippen LogP contribution in [0.5, 0.6) is 0 Å². The molecule has 0 amide bonds. The number of benzene rings is 1. The Kier molecular flexibility index (Phi) is 5.25. The highest BCUT2D eigenvalue weighted by Gasteiger charge is 2.26. The number of rotatable bonds is 5. The third kappa shape index (κ3) is 3.71. The Morgan fingerprint density at radius 1 is 1.37 bits per heavy atom. The molecule has 0 saturated carbocycles. The van der Waals surface area contributed by atoms with Crippen molar-refractivity contribution in [3.05, 3.63) is 28.2 Å². The molecule has 1 aliphatic heterocycles. The number of hydrogen-bond acceptors (Lipinski definition) is 3. The van der Waals surface area contributed by atoms with Gasteiger partial charge in [-0.2, -0.15) is 0 Å². The fourth-order valence-electron chi connectivity index (χ4n) is 2.93. The van der Waals surface area contributed by atoms with Gasteiger partial charge < -0.3 is 5.73 Å². The Morgan fingerprint density at radius 3 is 2.74 bits per heavy atom. The second kappa shape index (κ2) is 6.73. The van der Waals surface area contributed by atoms with Crippen LogP contribution in [0.4, 0.5) is 5.69 Å². The number of nitrogens with two attached hydrogens (primary N) is 1. The molecule has 1 heterocycles. The molecule has 1 aromatic rings. The van der Waals surface area contributed by atoms with Gasteiger partial charge >= 0.3 is 0 Å². The van der Waals surface area contributed by atoms with Gasteiger partial charge in [-0.3, -0.25) is 9.80 Å². The molecular formula is C15H24BrN3. The monoisotopic (exact) mass is 325 g/mol. The summed E-state index contributed by atoms with van der Waals surface area (Å²) in [4.78, 5) is 5.11. The average molecular weight is 326 g/mol. The van der Waals surface area contributed by atoms with Crippen LogP contribution in [-0.2, 0) is 6.54 Å². The molecule has 0 radical (unpaired) electrons. The first kappa shape index (κ1) is 14.8. The van der Waals surface area contributed by atoms with E-state index in [1.807, 2.05) is 12.1 Å². The molecule has 4 heteroatoms. The van der Waals surface area contributed by atoms with E-state index in [-0.39, 0.29) is 0 Å². The molecule has 1 fully saturated rings. The zero-order valence-electron chi connectivity index (χ0n) is 11.9. The van der Waals surface area contributed by atoms with Crippen molar-refractivity contribution in [2.24, 2.45) is 0 Å². The maximum absolute atomic E-state index is 5.78. The molecule has 1 aromatic carbocycles. The minimum Gasteiger partial charge on any atom is -0.399 e. The predicted molar refractivity (Wildman–Crippen MR) is 85.2 cm³/mol. The zero-order chi connectivity index (χ0) is 13.8. The molecule has 2 rings (SSSR count). The van der Waals surface area contributed by atoms with Crippen molar-refractivity contribution in [1.29, 1.82) is 0 Å². The standard InChI is InChI=1S/C15H24BrN3/c1-3-19(4-2)14-7-8-18(11-14)10-12-5-6-13(17)9-15(12)16/h5-6,9,14H,3-4,7-8,10-11,17H2,1-2H3. The lowest BCUT2D eigenvalue weighted by Crippen LogP contribution is -2.37. The highest BCUT2D eigenvalue weighted by Crippen LogP contribution is 2.24. The van der Waals surface area contributed by atoms with E-state index in [0.717, 1.165) is 35.8 Å². The molecule has 106 valence electrons. The van der Waals surface area contributed by atoms with E-state index in [1.165, 1.54) is 25.1 Å². The van der Waals surface area contributed by atoms with Crippen LogP contribution in [-0.4, -0.2) is 42.0 Å². The highest BCUT2D eigenvalue weighted by molar-refractivity contribution is 9.10. The molecule has 2 N–H and O–H groups in total. The molecule has 1 saturated heterocycles. The minimum absolute atomic E-state index is 0.725. The molecule has 0 bridgehead atoms. The van der Waals surface area contributed by atoms with E-state index >= 15 is 0 Å². The Hall–Kier alpha value is -0.580. The number of anilines is 1. The van der Waals surface area contributed by atoms with E-state index in [9.17, 15) is 0 Å². The van der Waals surface area contributed by atoms with Gasteiger partial charge in [0.1, 0.15) is 0 Å². The van der Waals surface area contributed by atoms with Crippen molar-refractivity contribution in [3.8, 4) is 0 Å². The first-order valence-corrected chi connectivity index (χ1v) is 7.93. The average Bonchev–Trinajstić information content (AvgIpc) is 2.83. The van der Waals surface area contributed by atoms with Crippen molar-refractivity contribution in [3.63, 3.8) is 0 Å². The van der Waals surface area contributed by atoms with E-state index in [4.69, 9.17) is 5.73 Å². The number of halogens is 1. The second-order valence-electron chi connectivity index (χ2n) is 5.25. The van der Waals surface area contributed by atoms with Crippen molar-refractivity contribution in [2.75, 3.05) is 31.9 Å². The Balaban J connectivity index is 1.94. The quantitative estimate of drug-likeness (QED) is 0.845. The Bertz CT molecular complexity index is 418. The summed E-state index contributed by atoms with van der Waals surface area (Å²) in [6.45, 7) is 10.2. The molecule has 1 aliphatic rings. The van der Waals surface area contributed by atoms with Gasteiger partial charge in [0.25, 0.3) is 0 Å². The summed E-state index contributed by atoms with van der Waals surface area (Å²) >= 11 is 3.61. The van der Waals surface area contributed by atoms with Crippen LogP contribution < -0.4 is 5.73 Å². The fraction of sp³-hybridized carbons (Fsp3) is 0.600.